The van der Waals surface area contributed by atoms with Crippen molar-refractivity contribution in [2.45, 2.75) is 25.5 Å². The Balaban J connectivity index is 2.10. The molecule has 20 heavy (non-hydrogen) atoms. The molecule has 1 atom stereocenters. The molecule has 0 aliphatic carbocycles. The Kier molecular flexibility index (Phi) is 3.94. The van der Waals surface area contributed by atoms with E-state index in [2.05, 4.69) is 10.3 Å². The first-order valence-electron chi connectivity index (χ1n) is 6.41. The van der Waals surface area contributed by atoms with Gasteiger partial charge < -0.3 is 10.5 Å². The molecule has 1 fully saturated rings. The molecule has 7 heteroatoms. The fourth-order valence-corrected chi connectivity index (χ4v) is 2.95. The highest BCUT2D eigenvalue weighted by molar-refractivity contribution is 6.34. The second-order valence-electron chi connectivity index (χ2n) is 4.67. The molecule has 2 aromatic rings. The molecular weight excluding hydrogens is 299 g/mol. The number of nitrogens with two attached hydrogens (primary N) is 1. The third-order valence-corrected chi connectivity index (χ3v) is 3.74. The maximum absolute atomic E-state index is 6.05. The van der Waals surface area contributed by atoms with Crippen LogP contribution in [0.4, 0.5) is 0 Å². The van der Waals surface area contributed by atoms with E-state index in [1.807, 2.05) is 0 Å². The number of ether oxygens (including phenoxy) is 1. The maximum atomic E-state index is 6.05. The van der Waals surface area contributed by atoms with Crippen LogP contribution in [-0.4, -0.2) is 21.6 Å². The lowest BCUT2D eigenvalue weighted by molar-refractivity contribution is 0.106. The number of nitrogens with zero attached hydrogens (tertiary/aromatic N) is 3. The normalized spacial score (nSPS) is 18.6. The highest BCUT2D eigenvalue weighted by Crippen LogP contribution is 2.32. The Labute approximate surface area is 126 Å². The Hall–Kier alpha value is -1.14. The molecule has 1 aromatic heterocycles. The van der Waals surface area contributed by atoms with Gasteiger partial charge in [0.1, 0.15) is 11.8 Å². The summed E-state index contributed by atoms with van der Waals surface area (Å²) in [5, 5.41) is 9.41. The van der Waals surface area contributed by atoms with Gasteiger partial charge in [-0.25, -0.2) is 4.68 Å². The minimum atomic E-state index is -0.0266. The quantitative estimate of drug-likeness (QED) is 0.946. The van der Waals surface area contributed by atoms with Crippen LogP contribution in [0.1, 0.15) is 30.3 Å². The number of halogens is 2. The van der Waals surface area contributed by atoms with Crippen LogP contribution < -0.4 is 5.73 Å². The molecule has 0 amide bonds. The number of aromatic nitrogens is 3. The predicted molar refractivity (Wildman–Crippen MR) is 77.2 cm³/mol. The Morgan fingerprint density at radius 3 is 2.65 bits per heavy atom. The van der Waals surface area contributed by atoms with Crippen molar-refractivity contribution < 1.29 is 4.74 Å². The predicted octanol–water partition coefficient (Wildman–Crippen LogP) is 2.88. The molecule has 0 saturated carbocycles. The van der Waals surface area contributed by atoms with E-state index in [9.17, 15) is 0 Å². The minimum absolute atomic E-state index is 0.0266. The summed E-state index contributed by atoms with van der Waals surface area (Å²) >= 11 is 12.1. The summed E-state index contributed by atoms with van der Waals surface area (Å²) < 4.78 is 7.46. The van der Waals surface area contributed by atoms with E-state index in [0.29, 0.717) is 16.6 Å². The summed E-state index contributed by atoms with van der Waals surface area (Å²) in [7, 11) is 0. The molecule has 1 aromatic carbocycles. The van der Waals surface area contributed by atoms with Crippen molar-refractivity contribution in [3.05, 3.63) is 39.6 Å². The summed E-state index contributed by atoms with van der Waals surface area (Å²) in [6.07, 6.45) is 1.94. The van der Waals surface area contributed by atoms with Crippen molar-refractivity contribution >= 4 is 23.2 Å². The molecule has 1 unspecified atom stereocenters. The van der Waals surface area contributed by atoms with Crippen LogP contribution in [0.3, 0.4) is 0 Å². The first-order valence-corrected chi connectivity index (χ1v) is 7.17. The minimum Gasteiger partial charge on any atom is -0.372 e. The smallest absolute Gasteiger partial charge is 0.103 e. The lowest BCUT2D eigenvalue weighted by Gasteiger charge is -2.13. The number of benzene rings is 1. The zero-order valence-electron chi connectivity index (χ0n) is 10.7. The van der Waals surface area contributed by atoms with E-state index in [4.69, 9.17) is 33.7 Å². The molecule has 0 spiro atoms. The van der Waals surface area contributed by atoms with Gasteiger partial charge in [-0.1, -0.05) is 28.4 Å². The van der Waals surface area contributed by atoms with Crippen LogP contribution in [0.2, 0.25) is 10.0 Å². The highest BCUT2D eigenvalue weighted by atomic mass is 35.5. The first-order chi connectivity index (χ1) is 9.69. The Morgan fingerprint density at radius 1 is 1.30 bits per heavy atom. The van der Waals surface area contributed by atoms with E-state index >= 15 is 0 Å². The summed E-state index contributed by atoms with van der Waals surface area (Å²) in [5.41, 5.74) is 8.15. The molecule has 1 aliphatic rings. The third-order valence-electron chi connectivity index (χ3n) is 3.30. The van der Waals surface area contributed by atoms with Gasteiger partial charge >= 0.3 is 0 Å². The largest absolute Gasteiger partial charge is 0.372 e. The van der Waals surface area contributed by atoms with Crippen molar-refractivity contribution in [3.8, 4) is 5.69 Å². The zero-order chi connectivity index (χ0) is 14.1. The molecule has 1 aliphatic heterocycles. The van der Waals surface area contributed by atoms with Crippen LogP contribution in [-0.2, 0) is 11.3 Å². The van der Waals surface area contributed by atoms with Gasteiger partial charge in [0, 0.05) is 23.2 Å². The summed E-state index contributed by atoms with van der Waals surface area (Å²) in [6, 6.07) is 5.26. The van der Waals surface area contributed by atoms with Gasteiger partial charge in [-0.05, 0) is 31.0 Å². The molecule has 3 rings (SSSR count). The molecule has 2 heterocycles. The van der Waals surface area contributed by atoms with Crippen molar-refractivity contribution in [2.75, 3.05) is 6.61 Å². The first kappa shape index (κ1) is 13.8. The fourth-order valence-electron chi connectivity index (χ4n) is 2.43. The van der Waals surface area contributed by atoms with Gasteiger partial charge in [0.15, 0.2) is 0 Å². The van der Waals surface area contributed by atoms with Gasteiger partial charge in [0.25, 0.3) is 0 Å². The second-order valence-corrected chi connectivity index (χ2v) is 5.54. The third kappa shape index (κ3) is 2.54. The molecule has 106 valence electrons. The average Bonchev–Trinajstić information content (AvgIpc) is 3.06. The van der Waals surface area contributed by atoms with Crippen LogP contribution in [0.25, 0.3) is 5.69 Å². The monoisotopic (exact) mass is 312 g/mol. The number of hydrogen-bond acceptors (Lipinski definition) is 4. The van der Waals surface area contributed by atoms with Crippen molar-refractivity contribution in [1.82, 2.24) is 15.0 Å². The average molecular weight is 313 g/mol. The maximum Gasteiger partial charge on any atom is 0.103 e. The lowest BCUT2D eigenvalue weighted by atomic mass is 10.1. The van der Waals surface area contributed by atoms with Crippen LogP contribution in [0.5, 0.6) is 0 Å². The van der Waals surface area contributed by atoms with E-state index in [0.717, 1.165) is 36.5 Å². The van der Waals surface area contributed by atoms with Crippen molar-refractivity contribution in [3.63, 3.8) is 0 Å². The van der Waals surface area contributed by atoms with Gasteiger partial charge in [-0.3, -0.25) is 0 Å². The second kappa shape index (κ2) is 5.69. The van der Waals surface area contributed by atoms with Gasteiger partial charge in [0.05, 0.1) is 11.4 Å². The number of hydrogen-bond donors (Lipinski definition) is 1. The summed E-state index contributed by atoms with van der Waals surface area (Å²) in [5.74, 6) is 0. The Morgan fingerprint density at radius 2 is 2.05 bits per heavy atom. The molecule has 2 N–H and O–H groups in total. The lowest BCUT2D eigenvalue weighted by Crippen LogP contribution is -2.11. The highest BCUT2D eigenvalue weighted by Gasteiger charge is 2.26. The Bertz CT molecular complexity index is 603. The molecule has 0 radical (unpaired) electrons. The van der Waals surface area contributed by atoms with Crippen LogP contribution >= 0.6 is 23.2 Å². The summed E-state index contributed by atoms with van der Waals surface area (Å²) in [4.78, 5) is 0. The number of rotatable bonds is 3. The van der Waals surface area contributed by atoms with E-state index in [-0.39, 0.29) is 6.10 Å². The summed E-state index contributed by atoms with van der Waals surface area (Å²) in [6.45, 7) is 1.07. The SMILES string of the molecule is NCc1nnn(-c2cc(Cl)cc(Cl)c2)c1C1CCCO1. The molecule has 5 nitrogen and oxygen atoms in total. The molecular formula is C13H14Cl2N4O. The zero-order valence-corrected chi connectivity index (χ0v) is 12.2. The fraction of sp³-hybridized carbons (Fsp3) is 0.385. The molecule has 1 saturated heterocycles. The van der Waals surface area contributed by atoms with E-state index in [1.54, 1.807) is 22.9 Å². The van der Waals surface area contributed by atoms with Gasteiger partial charge in [0.2, 0.25) is 0 Å². The van der Waals surface area contributed by atoms with Gasteiger partial charge in [-0.2, -0.15) is 0 Å². The van der Waals surface area contributed by atoms with Crippen LogP contribution in [0.15, 0.2) is 18.2 Å². The van der Waals surface area contributed by atoms with E-state index in [1.165, 1.54) is 0 Å². The van der Waals surface area contributed by atoms with Crippen molar-refractivity contribution in [1.29, 1.82) is 0 Å². The topological polar surface area (TPSA) is 66.0 Å². The van der Waals surface area contributed by atoms with E-state index < -0.39 is 0 Å². The van der Waals surface area contributed by atoms with Crippen LogP contribution in [0, 0.1) is 0 Å². The molecule has 0 bridgehead atoms. The van der Waals surface area contributed by atoms with Crippen molar-refractivity contribution in [2.24, 2.45) is 5.73 Å². The van der Waals surface area contributed by atoms with Gasteiger partial charge in [-0.15, -0.1) is 5.10 Å². The standard InChI is InChI=1S/C13H14Cl2N4O/c14-8-4-9(15)6-10(5-8)19-13(11(7-16)17-18-19)12-2-1-3-20-12/h4-6,12H,1-3,7,16H2.